The van der Waals surface area contributed by atoms with Crippen LogP contribution < -0.4 is 4.90 Å². The number of alkyl halides is 3. The fourth-order valence-corrected chi connectivity index (χ4v) is 3.35. The maximum Gasteiger partial charge on any atom is 0.433 e. The average molecular weight is 370 g/mol. The molecule has 1 aromatic rings. The van der Waals surface area contributed by atoms with Crippen LogP contribution in [0.2, 0.25) is 0 Å². The molecule has 2 heterocycles. The van der Waals surface area contributed by atoms with Gasteiger partial charge in [0, 0.05) is 44.2 Å². The molecule has 146 valence electrons. The summed E-state index contributed by atoms with van der Waals surface area (Å²) in [6, 6.07) is 1.07. The summed E-state index contributed by atoms with van der Waals surface area (Å²) in [4.78, 5) is 12.5. The number of piperazine rings is 1. The van der Waals surface area contributed by atoms with Crippen LogP contribution in [0.25, 0.3) is 5.73 Å². The van der Waals surface area contributed by atoms with Crippen molar-refractivity contribution < 1.29 is 13.2 Å². The van der Waals surface area contributed by atoms with E-state index in [1.807, 2.05) is 25.7 Å². The van der Waals surface area contributed by atoms with Gasteiger partial charge in [0.25, 0.3) is 0 Å². The van der Waals surface area contributed by atoms with Crippen molar-refractivity contribution in [1.82, 2.24) is 14.9 Å². The van der Waals surface area contributed by atoms with Crippen molar-refractivity contribution in [3.8, 4) is 0 Å². The molecule has 0 bridgehead atoms. The smallest absolute Gasteiger partial charge is 0.433 e. The normalized spacial score (nSPS) is 24.8. The first-order valence-corrected chi connectivity index (χ1v) is 9.16. The third-order valence-corrected chi connectivity index (χ3v) is 5.19. The summed E-state index contributed by atoms with van der Waals surface area (Å²) in [5, 5.41) is 0. The molecule has 1 N–H and O–H groups in total. The van der Waals surface area contributed by atoms with Gasteiger partial charge in [-0.25, -0.2) is 9.97 Å². The molecule has 5 nitrogen and oxygen atoms in total. The van der Waals surface area contributed by atoms with E-state index in [-0.39, 0.29) is 5.82 Å². The zero-order chi connectivity index (χ0) is 19.1. The van der Waals surface area contributed by atoms with Gasteiger partial charge in [-0.2, -0.15) is 13.2 Å². The Balaban J connectivity index is 1.71. The number of anilines is 1. The number of hydrogen-bond acceptors (Lipinski definition) is 4. The van der Waals surface area contributed by atoms with Crippen LogP contribution in [-0.2, 0) is 11.6 Å². The summed E-state index contributed by atoms with van der Waals surface area (Å²) in [7, 11) is 0. The zero-order valence-corrected chi connectivity index (χ0v) is 15.6. The molecule has 0 spiro atoms. The second-order valence-electron chi connectivity index (χ2n) is 8.43. The first kappa shape index (κ1) is 19.4. The summed E-state index contributed by atoms with van der Waals surface area (Å²) < 4.78 is 39.8. The van der Waals surface area contributed by atoms with Crippen molar-refractivity contribution in [3.63, 3.8) is 0 Å². The summed E-state index contributed by atoms with van der Waals surface area (Å²) in [5.74, 6) is 1.76. The van der Waals surface area contributed by atoms with Gasteiger partial charge in [-0.3, -0.25) is 4.90 Å². The van der Waals surface area contributed by atoms with Gasteiger partial charge in [0.2, 0.25) is 0 Å². The molecule has 8 heteroatoms. The van der Waals surface area contributed by atoms with Crippen LogP contribution in [0.1, 0.15) is 38.7 Å². The Hall–Kier alpha value is -1.41. The molecule has 1 aromatic heterocycles. The largest absolute Gasteiger partial charge is 0.677 e. The SMILES string of the molecule is CC(C)(C)c1nc(N2CCN(CC3CC3C[NH-])CC2)cc(C(F)(F)F)n1. The number of nitrogens with one attached hydrogen (secondary N) is 1. The van der Waals surface area contributed by atoms with Crippen molar-refractivity contribution in [2.75, 3.05) is 44.2 Å². The number of hydrogen-bond donors (Lipinski definition) is 0. The highest BCUT2D eigenvalue weighted by atomic mass is 19.4. The Bertz CT molecular complexity index is 600. The molecule has 1 saturated heterocycles. The van der Waals surface area contributed by atoms with Crippen LogP contribution in [0.5, 0.6) is 0 Å². The third-order valence-electron chi connectivity index (χ3n) is 5.19. The predicted molar refractivity (Wildman–Crippen MR) is 95.2 cm³/mol. The monoisotopic (exact) mass is 370 g/mol. The molecule has 2 fully saturated rings. The van der Waals surface area contributed by atoms with Crippen molar-refractivity contribution >= 4 is 5.82 Å². The fraction of sp³-hybridized carbons (Fsp3) is 0.778. The van der Waals surface area contributed by atoms with Crippen molar-refractivity contribution in [2.24, 2.45) is 11.8 Å². The van der Waals surface area contributed by atoms with E-state index < -0.39 is 17.3 Å². The molecule has 2 unspecified atom stereocenters. The highest BCUT2D eigenvalue weighted by Crippen LogP contribution is 2.39. The van der Waals surface area contributed by atoms with Gasteiger partial charge < -0.3 is 10.6 Å². The van der Waals surface area contributed by atoms with E-state index in [0.717, 1.165) is 32.1 Å². The highest BCUT2D eigenvalue weighted by Gasteiger charge is 2.37. The molecule has 26 heavy (non-hydrogen) atoms. The molecule has 0 radical (unpaired) electrons. The molecule has 0 aromatic carbocycles. The maximum absolute atomic E-state index is 13.3. The van der Waals surface area contributed by atoms with Crippen LogP contribution in [0, 0.1) is 11.8 Å². The van der Waals surface area contributed by atoms with E-state index in [4.69, 9.17) is 5.73 Å². The van der Waals surface area contributed by atoms with Crippen LogP contribution in [0.4, 0.5) is 19.0 Å². The van der Waals surface area contributed by atoms with E-state index in [2.05, 4.69) is 14.9 Å². The second kappa shape index (κ2) is 6.96. The van der Waals surface area contributed by atoms with E-state index in [1.165, 1.54) is 0 Å². The van der Waals surface area contributed by atoms with Crippen molar-refractivity contribution in [2.45, 2.75) is 38.8 Å². The summed E-state index contributed by atoms with van der Waals surface area (Å²) in [6.07, 6.45) is -3.34. The summed E-state index contributed by atoms with van der Waals surface area (Å²) in [6.45, 7) is 9.93. The molecule has 2 aliphatic rings. The molecule has 1 aliphatic heterocycles. The lowest BCUT2D eigenvalue weighted by Crippen LogP contribution is -2.47. The van der Waals surface area contributed by atoms with Gasteiger partial charge in [-0.15, -0.1) is 6.54 Å². The Kier molecular flexibility index (Phi) is 5.18. The highest BCUT2D eigenvalue weighted by molar-refractivity contribution is 5.42. The topological polar surface area (TPSA) is 56.1 Å². The van der Waals surface area contributed by atoms with Gasteiger partial charge >= 0.3 is 6.18 Å². The van der Waals surface area contributed by atoms with Gasteiger partial charge in [0.1, 0.15) is 17.3 Å². The molecule has 3 rings (SSSR count). The van der Waals surface area contributed by atoms with Crippen molar-refractivity contribution in [1.29, 1.82) is 0 Å². The number of aromatic nitrogens is 2. The maximum atomic E-state index is 13.3. The molecule has 2 atom stereocenters. The lowest BCUT2D eigenvalue weighted by molar-refractivity contribution is -0.141. The minimum absolute atomic E-state index is 0.223. The predicted octanol–water partition coefficient (Wildman–Crippen LogP) is 3.60. The fourth-order valence-electron chi connectivity index (χ4n) is 3.35. The zero-order valence-electron chi connectivity index (χ0n) is 15.6. The Labute approximate surface area is 152 Å². The Morgan fingerprint density at radius 1 is 1.08 bits per heavy atom. The van der Waals surface area contributed by atoms with Crippen molar-refractivity contribution in [3.05, 3.63) is 23.3 Å². The Morgan fingerprint density at radius 3 is 2.23 bits per heavy atom. The first-order valence-electron chi connectivity index (χ1n) is 9.16. The lowest BCUT2D eigenvalue weighted by Gasteiger charge is -2.36. The number of rotatable bonds is 4. The van der Waals surface area contributed by atoms with E-state index in [1.54, 1.807) is 0 Å². The quantitative estimate of drug-likeness (QED) is 0.813. The van der Waals surface area contributed by atoms with Gasteiger partial charge in [0.05, 0.1) is 0 Å². The van der Waals surface area contributed by atoms with Gasteiger partial charge in [0.15, 0.2) is 0 Å². The number of halogens is 3. The first-order chi connectivity index (χ1) is 12.1. The second-order valence-corrected chi connectivity index (χ2v) is 8.43. The molecular formula is C18H27F3N5-. The molecule has 0 amide bonds. The van der Waals surface area contributed by atoms with Crippen LogP contribution in [0.3, 0.4) is 0 Å². The minimum Gasteiger partial charge on any atom is -0.677 e. The van der Waals surface area contributed by atoms with Crippen LogP contribution >= 0.6 is 0 Å². The van der Waals surface area contributed by atoms with Gasteiger partial charge in [-0.1, -0.05) is 26.7 Å². The molecule has 1 saturated carbocycles. The molecule has 1 aliphatic carbocycles. The summed E-state index contributed by atoms with van der Waals surface area (Å²) in [5.41, 5.74) is 6.00. The Morgan fingerprint density at radius 2 is 1.73 bits per heavy atom. The lowest BCUT2D eigenvalue weighted by atomic mass is 9.95. The summed E-state index contributed by atoms with van der Waals surface area (Å²) >= 11 is 0. The standard InChI is InChI=1S/C18H27F3N5/c1-17(2,3)16-23-14(18(19,20)21)9-15(24-16)26-6-4-25(5-7-26)11-13-8-12(13)10-22/h9,12-13,22H,4-8,10-11H2,1-3H3/q-1. The third kappa shape index (κ3) is 4.46. The molecular weight excluding hydrogens is 343 g/mol. The van der Waals surface area contributed by atoms with Gasteiger partial charge in [-0.05, 0) is 12.3 Å². The van der Waals surface area contributed by atoms with Crippen LogP contribution in [0.15, 0.2) is 6.07 Å². The average Bonchev–Trinajstić information content (AvgIpc) is 3.31. The minimum atomic E-state index is -4.48. The van der Waals surface area contributed by atoms with E-state index >= 15 is 0 Å². The van der Waals surface area contributed by atoms with Crippen LogP contribution in [-0.4, -0.2) is 54.1 Å². The number of nitrogens with zero attached hydrogens (tertiary/aromatic N) is 4. The van der Waals surface area contributed by atoms with E-state index in [0.29, 0.717) is 37.3 Å². The van der Waals surface area contributed by atoms with E-state index in [9.17, 15) is 13.2 Å².